The minimum atomic E-state index is -1.08. The third-order valence-electron chi connectivity index (χ3n) is 3.58. The van der Waals surface area contributed by atoms with E-state index >= 15 is 0 Å². The van der Waals surface area contributed by atoms with Gasteiger partial charge in [-0.3, -0.25) is 4.79 Å². The average Bonchev–Trinajstić information content (AvgIpc) is 2.46. The van der Waals surface area contributed by atoms with Gasteiger partial charge in [0.15, 0.2) is 6.10 Å². The number of piperazine rings is 1. The van der Waals surface area contributed by atoms with Crippen LogP contribution in [0.4, 0.5) is 4.79 Å². The van der Waals surface area contributed by atoms with Gasteiger partial charge >= 0.3 is 12.0 Å². The van der Waals surface area contributed by atoms with Crippen LogP contribution in [0.3, 0.4) is 0 Å². The van der Waals surface area contributed by atoms with E-state index < -0.39 is 18.1 Å². The Balaban J connectivity index is 2.05. The fourth-order valence-electron chi connectivity index (χ4n) is 2.50. The van der Waals surface area contributed by atoms with Crippen molar-refractivity contribution in [3.8, 4) is 0 Å². The van der Waals surface area contributed by atoms with Gasteiger partial charge in [0.1, 0.15) is 6.04 Å². The molecule has 3 amide bonds. The van der Waals surface area contributed by atoms with Gasteiger partial charge < -0.3 is 25.0 Å². The zero-order valence-corrected chi connectivity index (χ0v) is 11.4. The third-order valence-corrected chi connectivity index (χ3v) is 3.58. The molecule has 0 aromatic rings. The van der Waals surface area contributed by atoms with E-state index in [1.54, 1.807) is 0 Å². The normalized spacial score (nSPS) is 27.1. The number of carbonyl (C=O) groups excluding carboxylic acids is 2. The number of carboxylic acids is 1. The number of hydrogen-bond donors (Lipinski definition) is 2. The topological polar surface area (TPSA) is 99.2 Å². The summed E-state index contributed by atoms with van der Waals surface area (Å²) in [5, 5.41) is 11.7. The molecule has 0 aromatic heterocycles. The predicted octanol–water partition coefficient (Wildman–Crippen LogP) is -0.898. The molecule has 2 saturated heterocycles. The Morgan fingerprint density at radius 1 is 1.45 bits per heavy atom. The highest BCUT2D eigenvalue weighted by molar-refractivity contribution is 5.88. The number of amides is 3. The molecule has 112 valence electrons. The van der Waals surface area contributed by atoms with Crippen LogP contribution in [0.15, 0.2) is 0 Å². The smallest absolute Gasteiger partial charge is 0.334 e. The Labute approximate surface area is 116 Å². The number of nitrogens with one attached hydrogen (secondary N) is 1. The van der Waals surface area contributed by atoms with Crippen LogP contribution in [0.25, 0.3) is 0 Å². The van der Waals surface area contributed by atoms with Gasteiger partial charge in [-0.25, -0.2) is 9.59 Å². The molecule has 20 heavy (non-hydrogen) atoms. The van der Waals surface area contributed by atoms with Gasteiger partial charge in [-0.05, 0) is 6.42 Å². The molecule has 0 aliphatic carbocycles. The lowest BCUT2D eigenvalue weighted by atomic mass is 10.1. The molecule has 2 atom stereocenters. The van der Waals surface area contributed by atoms with Crippen molar-refractivity contribution in [1.29, 1.82) is 0 Å². The quantitative estimate of drug-likeness (QED) is 0.685. The highest BCUT2D eigenvalue weighted by atomic mass is 16.5. The molecule has 2 N–H and O–H groups in total. The minimum Gasteiger partial charge on any atom is -0.479 e. The summed E-state index contributed by atoms with van der Waals surface area (Å²) in [6, 6.07) is -0.774. The number of rotatable bonds is 2. The lowest BCUT2D eigenvalue weighted by Crippen LogP contribution is -2.61. The van der Waals surface area contributed by atoms with E-state index in [1.807, 2.05) is 6.92 Å². The monoisotopic (exact) mass is 285 g/mol. The fraction of sp³-hybridized carbons (Fsp3) is 0.750. The summed E-state index contributed by atoms with van der Waals surface area (Å²) in [6.07, 6.45) is -0.462. The van der Waals surface area contributed by atoms with E-state index in [2.05, 4.69) is 5.32 Å². The summed E-state index contributed by atoms with van der Waals surface area (Å²) >= 11 is 0. The average molecular weight is 285 g/mol. The third kappa shape index (κ3) is 2.84. The molecule has 8 nitrogen and oxygen atoms in total. The van der Waals surface area contributed by atoms with Gasteiger partial charge in [0, 0.05) is 19.6 Å². The van der Waals surface area contributed by atoms with Crippen LogP contribution in [0.1, 0.15) is 13.3 Å². The lowest BCUT2D eigenvalue weighted by Gasteiger charge is -2.40. The number of aliphatic carboxylic acids is 1. The second-order valence-corrected chi connectivity index (χ2v) is 4.83. The van der Waals surface area contributed by atoms with Crippen molar-refractivity contribution < 1.29 is 24.2 Å². The molecule has 2 aliphatic rings. The molecule has 0 spiro atoms. The first-order valence-corrected chi connectivity index (χ1v) is 6.72. The zero-order valence-electron chi connectivity index (χ0n) is 11.4. The number of nitrogens with zero attached hydrogens (tertiary/aromatic N) is 2. The Hall–Kier alpha value is -1.83. The molecule has 0 radical (unpaired) electrons. The second kappa shape index (κ2) is 6.08. The molecule has 0 bridgehead atoms. The number of ether oxygens (including phenoxy) is 1. The van der Waals surface area contributed by atoms with Crippen molar-refractivity contribution in [3.05, 3.63) is 0 Å². The molecule has 2 fully saturated rings. The summed E-state index contributed by atoms with van der Waals surface area (Å²) in [4.78, 5) is 38.1. The van der Waals surface area contributed by atoms with Gasteiger partial charge in [-0.2, -0.15) is 0 Å². The van der Waals surface area contributed by atoms with Crippen molar-refractivity contribution in [2.24, 2.45) is 0 Å². The molecular weight excluding hydrogens is 266 g/mol. The molecule has 8 heteroatoms. The van der Waals surface area contributed by atoms with Crippen LogP contribution in [0, 0.1) is 0 Å². The van der Waals surface area contributed by atoms with Crippen molar-refractivity contribution in [2.75, 3.05) is 32.8 Å². The summed E-state index contributed by atoms with van der Waals surface area (Å²) in [6.45, 7) is 3.26. The first-order chi connectivity index (χ1) is 9.54. The minimum absolute atomic E-state index is 0.0166. The van der Waals surface area contributed by atoms with E-state index in [-0.39, 0.29) is 25.1 Å². The van der Waals surface area contributed by atoms with Crippen LogP contribution < -0.4 is 5.32 Å². The summed E-state index contributed by atoms with van der Waals surface area (Å²) in [5.74, 6) is -1.24. The summed E-state index contributed by atoms with van der Waals surface area (Å²) in [7, 11) is 0. The van der Waals surface area contributed by atoms with Crippen LogP contribution in [0.2, 0.25) is 0 Å². The van der Waals surface area contributed by atoms with Gasteiger partial charge in [0.25, 0.3) is 0 Å². The maximum absolute atomic E-state index is 12.5. The Morgan fingerprint density at radius 2 is 2.20 bits per heavy atom. The van der Waals surface area contributed by atoms with E-state index in [1.165, 1.54) is 9.80 Å². The van der Waals surface area contributed by atoms with Gasteiger partial charge in [0.2, 0.25) is 5.91 Å². The van der Waals surface area contributed by atoms with E-state index in [4.69, 9.17) is 9.84 Å². The SMILES string of the molecule is CCC1C(=O)NCCN1C(=O)N1CCOC(C(=O)O)C1. The molecule has 2 heterocycles. The Bertz CT molecular complexity index is 414. The first kappa shape index (κ1) is 14.6. The number of carboxylic acid groups (broad SMARTS) is 1. The zero-order chi connectivity index (χ0) is 14.7. The maximum atomic E-state index is 12.5. The van der Waals surface area contributed by atoms with Crippen molar-refractivity contribution in [2.45, 2.75) is 25.5 Å². The Morgan fingerprint density at radius 3 is 2.85 bits per heavy atom. The number of hydrogen-bond acceptors (Lipinski definition) is 4. The molecule has 0 saturated carbocycles. The maximum Gasteiger partial charge on any atom is 0.334 e. The van der Waals surface area contributed by atoms with Gasteiger partial charge in [0.05, 0.1) is 13.2 Å². The summed E-state index contributed by atoms with van der Waals surface area (Å²) < 4.78 is 5.09. The largest absolute Gasteiger partial charge is 0.479 e. The van der Waals surface area contributed by atoms with Crippen molar-refractivity contribution in [3.63, 3.8) is 0 Å². The first-order valence-electron chi connectivity index (χ1n) is 6.72. The van der Waals surface area contributed by atoms with Crippen molar-refractivity contribution in [1.82, 2.24) is 15.1 Å². The number of morpholine rings is 1. The van der Waals surface area contributed by atoms with E-state index in [9.17, 15) is 14.4 Å². The van der Waals surface area contributed by atoms with Gasteiger partial charge in [-0.15, -0.1) is 0 Å². The van der Waals surface area contributed by atoms with Gasteiger partial charge in [-0.1, -0.05) is 6.92 Å². The number of carbonyl (C=O) groups is 3. The van der Waals surface area contributed by atoms with Crippen LogP contribution in [-0.2, 0) is 14.3 Å². The van der Waals surface area contributed by atoms with Crippen molar-refractivity contribution >= 4 is 17.9 Å². The second-order valence-electron chi connectivity index (χ2n) is 4.83. The molecule has 2 rings (SSSR count). The van der Waals surface area contributed by atoms with E-state index in [0.717, 1.165) is 0 Å². The molecule has 0 aromatic carbocycles. The van der Waals surface area contributed by atoms with Crippen LogP contribution >= 0.6 is 0 Å². The fourth-order valence-corrected chi connectivity index (χ4v) is 2.50. The van der Waals surface area contributed by atoms with E-state index in [0.29, 0.717) is 26.1 Å². The van der Waals surface area contributed by atoms with Crippen LogP contribution in [-0.4, -0.2) is 77.7 Å². The standard InChI is InChI=1S/C12H19N3O5/c1-2-8-10(16)13-3-4-15(8)12(19)14-5-6-20-9(7-14)11(17)18/h8-9H,2-7H2,1H3,(H,13,16)(H,17,18). The molecule has 2 aliphatic heterocycles. The number of urea groups is 1. The molecule has 2 unspecified atom stereocenters. The molecular formula is C12H19N3O5. The summed E-state index contributed by atoms with van der Waals surface area (Å²) in [5.41, 5.74) is 0. The van der Waals surface area contributed by atoms with Crippen LogP contribution in [0.5, 0.6) is 0 Å². The lowest BCUT2D eigenvalue weighted by molar-refractivity contribution is -0.155. The Kier molecular flexibility index (Phi) is 4.43. The predicted molar refractivity (Wildman–Crippen MR) is 68.1 cm³/mol. The highest BCUT2D eigenvalue weighted by Gasteiger charge is 2.37. The highest BCUT2D eigenvalue weighted by Crippen LogP contribution is 2.14.